The second-order valence-electron chi connectivity index (χ2n) is 6.19. The molecule has 2 heterocycles. The second-order valence-corrected chi connectivity index (χ2v) is 6.19. The van der Waals surface area contributed by atoms with E-state index in [2.05, 4.69) is 15.9 Å². The molecule has 0 N–H and O–H groups in total. The van der Waals surface area contributed by atoms with Crippen LogP contribution in [0.15, 0.2) is 29.9 Å². The molecule has 26 heavy (non-hydrogen) atoms. The largest absolute Gasteiger partial charge is 0.472 e. The van der Waals surface area contributed by atoms with Crippen LogP contribution in [-0.2, 0) is 22.6 Å². The quantitative estimate of drug-likeness (QED) is 0.798. The summed E-state index contributed by atoms with van der Waals surface area (Å²) < 4.78 is 50.3. The van der Waals surface area contributed by atoms with Crippen molar-refractivity contribution in [3.05, 3.63) is 35.6 Å². The predicted molar refractivity (Wildman–Crippen MR) is 86.4 cm³/mol. The summed E-state index contributed by atoms with van der Waals surface area (Å²) in [6.45, 7) is 0.906. The number of aromatic nitrogens is 2. The van der Waals surface area contributed by atoms with Gasteiger partial charge in [0.15, 0.2) is 0 Å². The van der Waals surface area contributed by atoms with Crippen LogP contribution in [0.5, 0.6) is 5.88 Å². The molecule has 0 bridgehead atoms. The Kier molecular flexibility index (Phi) is 5.36. The zero-order valence-electron chi connectivity index (χ0n) is 14.3. The van der Waals surface area contributed by atoms with Crippen LogP contribution < -0.4 is 4.74 Å². The normalized spacial score (nSPS) is 18.3. The fourth-order valence-corrected chi connectivity index (χ4v) is 2.98. The summed E-state index contributed by atoms with van der Waals surface area (Å²) in [6, 6.07) is 1.66. The van der Waals surface area contributed by atoms with Gasteiger partial charge in [-0.2, -0.15) is 13.2 Å². The van der Waals surface area contributed by atoms with Crippen LogP contribution in [0.25, 0.3) is 0 Å². The number of carbonyl (C=O) groups is 1. The number of nitrogens with zero attached hydrogens (tertiary/aromatic N) is 3. The fraction of sp³-hybridized carbons (Fsp3) is 0.529. The molecule has 1 amide bonds. The number of ether oxygens (including phenoxy) is 2. The van der Waals surface area contributed by atoms with E-state index < -0.39 is 18.2 Å². The summed E-state index contributed by atoms with van der Waals surface area (Å²) in [5.74, 6) is -0.682. The molecule has 1 atom stereocenters. The molecule has 0 aromatic carbocycles. The SMILES string of the molecule is COC(C(=O)N1CCn2nc(OCC3=CC=CCC3)cc2C1)C(F)(F)F. The summed E-state index contributed by atoms with van der Waals surface area (Å²) in [5, 5.41) is 4.30. The molecule has 6 nitrogen and oxygen atoms in total. The van der Waals surface area contributed by atoms with Gasteiger partial charge in [-0.1, -0.05) is 18.2 Å². The minimum Gasteiger partial charge on any atom is -0.472 e. The molecular formula is C17H20F3N3O3. The predicted octanol–water partition coefficient (Wildman–Crippen LogP) is 2.46. The van der Waals surface area contributed by atoms with Gasteiger partial charge in [-0.25, -0.2) is 0 Å². The Morgan fingerprint density at radius 3 is 2.85 bits per heavy atom. The van der Waals surface area contributed by atoms with E-state index in [4.69, 9.17) is 4.74 Å². The van der Waals surface area contributed by atoms with E-state index >= 15 is 0 Å². The van der Waals surface area contributed by atoms with Gasteiger partial charge in [0.1, 0.15) is 6.61 Å². The Morgan fingerprint density at radius 1 is 1.38 bits per heavy atom. The van der Waals surface area contributed by atoms with Crippen molar-refractivity contribution in [2.45, 2.75) is 38.2 Å². The van der Waals surface area contributed by atoms with Gasteiger partial charge in [-0.05, 0) is 18.4 Å². The third kappa shape index (κ3) is 4.09. The fourth-order valence-electron chi connectivity index (χ4n) is 2.98. The van der Waals surface area contributed by atoms with Crippen LogP contribution in [0.1, 0.15) is 18.5 Å². The monoisotopic (exact) mass is 371 g/mol. The summed E-state index contributed by atoms with van der Waals surface area (Å²) >= 11 is 0. The molecule has 2 aliphatic rings. The molecule has 3 rings (SSSR count). The molecule has 1 aliphatic carbocycles. The van der Waals surface area contributed by atoms with Gasteiger partial charge in [0, 0.05) is 19.7 Å². The highest BCUT2D eigenvalue weighted by Gasteiger charge is 2.47. The first-order chi connectivity index (χ1) is 12.4. The standard InChI is InChI=1S/C17H20F3N3O3/c1-25-15(17(18,19)20)16(24)22-7-8-23-13(10-22)9-14(21-23)26-11-12-5-3-2-4-6-12/h2-3,5,9,15H,4,6-8,10-11H2,1H3. The number of hydrogen-bond donors (Lipinski definition) is 0. The molecule has 0 radical (unpaired) electrons. The van der Waals surface area contributed by atoms with Crippen LogP contribution in [0.3, 0.4) is 0 Å². The van der Waals surface area contributed by atoms with Gasteiger partial charge < -0.3 is 14.4 Å². The van der Waals surface area contributed by atoms with E-state index in [1.807, 2.05) is 12.2 Å². The van der Waals surface area contributed by atoms with Crippen LogP contribution in [0.2, 0.25) is 0 Å². The van der Waals surface area contributed by atoms with Crippen LogP contribution in [0.4, 0.5) is 13.2 Å². The van der Waals surface area contributed by atoms with Crippen LogP contribution in [-0.4, -0.2) is 53.1 Å². The molecule has 1 aliphatic heterocycles. The third-order valence-corrected chi connectivity index (χ3v) is 4.35. The average molecular weight is 371 g/mol. The minimum absolute atomic E-state index is 0.0383. The smallest absolute Gasteiger partial charge is 0.423 e. The first kappa shape index (κ1) is 18.5. The maximum absolute atomic E-state index is 12.9. The van der Waals surface area contributed by atoms with Crippen molar-refractivity contribution in [2.24, 2.45) is 0 Å². The van der Waals surface area contributed by atoms with E-state index in [0.29, 0.717) is 24.7 Å². The molecule has 0 saturated heterocycles. The lowest BCUT2D eigenvalue weighted by molar-refractivity contribution is -0.218. The Bertz CT molecular complexity index is 725. The summed E-state index contributed by atoms with van der Waals surface area (Å²) in [7, 11) is 0.880. The molecule has 0 saturated carbocycles. The lowest BCUT2D eigenvalue weighted by Crippen LogP contribution is -2.49. The second kappa shape index (κ2) is 7.53. The van der Waals surface area contributed by atoms with E-state index in [1.54, 1.807) is 10.7 Å². The highest BCUT2D eigenvalue weighted by atomic mass is 19.4. The number of rotatable bonds is 5. The van der Waals surface area contributed by atoms with Crippen molar-refractivity contribution in [3.63, 3.8) is 0 Å². The summed E-state index contributed by atoms with van der Waals surface area (Å²) in [4.78, 5) is 13.3. The summed E-state index contributed by atoms with van der Waals surface area (Å²) in [6.07, 6.45) is 0.796. The van der Waals surface area contributed by atoms with Gasteiger partial charge in [0.25, 0.3) is 5.91 Å². The number of methoxy groups -OCH3 is 1. The highest BCUT2D eigenvalue weighted by molar-refractivity contribution is 5.81. The molecule has 0 fully saturated rings. The molecular weight excluding hydrogens is 351 g/mol. The van der Waals surface area contributed by atoms with Gasteiger partial charge in [-0.3, -0.25) is 9.48 Å². The van der Waals surface area contributed by atoms with Crippen LogP contribution in [0, 0.1) is 0 Å². The van der Waals surface area contributed by atoms with Gasteiger partial charge in [0.05, 0.1) is 18.8 Å². The molecule has 142 valence electrons. The first-order valence-electron chi connectivity index (χ1n) is 8.31. The Labute approximate surface area is 148 Å². The number of carbonyl (C=O) groups excluding carboxylic acids is 1. The minimum atomic E-state index is -4.74. The first-order valence-corrected chi connectivity index (χ1v) is 8.31. The van der Waals surface area contributed by atoms with E-state index in [0.717, 1.165) is 30.4 Å². The Balaban J connectivity index is 1.63. The maximum Gasteiger partial charge on any atom is 0.423 e. The maximum atomic E-state index is 12.9. The Hall–Kier alpha value is -2.29. The molecule has 1 unspecified atom stereocenters. The number of fused-ring (bicyclic) bond motifs is 1. The molecule has 1 aromatic heterocycles. The van der Waals surface area contributed by atoms with Gasteiger partial charge in [-0.15, -0.1) is 5.10 Å². The number of halogens is 3. The van der Waals surface area contributed by atoms with Crippen molar-refractivity contribution in [1.29, 1.82) is 0 Å². The zero-order valence-corrected chi connectivity index (χ0v) is 14.3. The third-order valence-electron chi connectivity index (χ3n) is 4.35. The number of hydrogen-bond acceptors (Lipinski definition) is 4. The highest BCUT2D eigenvalue weighted by Crippen LogP contribution is 2.26. The van der Waals surface area contributed by atoms with Crippen molar-refractivity contribution in [3.8, 4) is 5.88 Å². The van der Waals surface area contributed by atoms with Gasteiger partial charge >= 0.3 is 6.18 Å². The number of allylic oxidation sites excluding steroid dienone is 3. The van der Waals surface area contributed by atoms with Crippen molar-refractivity contribution >= 4 is 5.91 Å². The number of alkyl halides is 3. The molecule has 1 aromatic rings. The van der Waals surface area contributed by atoms with E-state index in [1.165, 1.54) is 0 Å². The summed E-state index contributed by atoms with van der Waals surface area (Å²) in [5.41, 5.74) is 1.79. The number of amides is 1. The molecule has 0 spiro atoms. The van der Waals surface area contributed by atoms with Crippen LogP contribution >= 0.6 is 0 Å². The average Bonchev–Trinajstić information content (AvgIpc) is 3.02. The van der Waals surface area contributed by atoms with Crippen molar-refractivity contribution in [2.75, 3.05) is 20.3 Å². The van der Waals surface area contributed by atoms with E-state index in [-0.39, 0.29) is 13.1 Å². The topological polar surface area (TPSA) is 56.6 Å². The zero-order chi connectivity index (χ0) is 18.7. The Morgan fingerprint density at radius 2 is 2.19 bits per heavy atom. The van der Waals surface area contributed by atoms with E-state index in [9.17, 15) is 18.0 Å². The van der Waals surface area contributed by atoms with Crippen molar-refractivity contribution in [1.82, 2.24) is 14.7 Å². The van der Waals surface area contributed by atoms with Gasteiger partial charge in [0.2, 0.25) is 12.0 Å². The lowest BCUT2D eigenvalue weighted by atomic mass is 10.1. The molecule has 9 heteroatoms. The van der Waals surface area contributed by atoms with Crippen molar-refractivity contribution < 1.29 is 27.4 Å². The lowest BCUT2D eigenvalue weighted by Gasteiger charge is -2.30.